The van der Waals surface area contributed by atoms with Crippen molar-refractivity contribution in [2.75, 3.05) is 11.9 Å². The van der Waals surface area contributed by atoms with Crippen LogP contribution in [0.4, 0.5) is 5.69 Å². The lowest BCUT2D eigenvalue weighted by Gasteiger charge is -2.19. The molecule has 0 bridgehead atoms. The van der Waals surface area contributed by atoms with Crippen molar-refractivity contribution in [3.63, 3.8) is 0 Å². The molecule has 1 aliphatic rings. The second-order valence-corrected chi connectivity index (χ2v) is 9.08. The van der Waals surface area contributed by atoms with Gasteiger partial charge in [-0.05, 0) is 67.6 Å². The second-order valence-electron chi connectivity index (χ2n) is 8.65. The zero-order valence-corrected chi connectivity index (χ0v) is 19.9. The second kappa shape index (κ2) is 11.7. The number of hydrogen-bond acceptors (Lipinski definition) is 5. The van der Waals surface area contributed by atoms with Gasteiger partial charge in [-0.3, -0.25) is 14.4 Å². The van der Waals surface area contributed by atoms with Gasteiger partial charge in [-0.1, -0.05) is 31.5 Å². The molecule has 3 rings (SSSR count). The first kappa shape index (κ1) is 25.2. The van der Waals surface area contributed by atoms with Crippen molar-refractivity contribution < 1.29 is 23.9 Å². The van der Waals surface area contributed by atoms with Gasteiger partial charge in [0.2, 0.25) is 0 Å². The zero-order chi connectivity index (χ0) is 24.7. The van der Waals surface area contributed by atoms with Crippen LogP contribution in [0.25, 0.3) is 0 Å². The fourth-order valence-corrected chi connectivity index (χ4v) is 3.32. The largest absolute Gasteiger partial charge is 0.454 e. The minimum Gasteiger partial charge on any atom is -0.454 e. The number of hydrogen-bond donors (Lipinski definition) is 3. The number of rotatable bonds is 10. The number of benzene rings is 2. The highest BCUT2D eigenvalue weighted by molar-refractivity contribution is 6.30. The van der Waals surface area contributed by atoms with E-state index in [1.54, 1.807) is 48.5 Å². The maximum Gasteiger partial charge on any atom is 0.329 e. The summed E-state index contributed by atoms with van der Waals surface area (Å²) in [5, 5.41) is 8.66. The van der Waals surface area contributed by atoms with Gasteiger partial charge in [-0.2, -0.15) is 0 Å². The van der Waals surface area contributed by atoms with Gasteiger partial charge in [0.1, 0.15) is 6.04 Å². The molecule has 1 unspecified atom stereocenters. The Hall–Kier alpha value is -3.39. The molecule has 2 aromatic rings. The van der Waals surface area contributed by atoms with E-state index in [9.17, 15) is 19.2 Å². The summed E-state index contributed by atoms with van der Waals surface area (Å²) in [4.78, 5) is 49.6. The van der Waals surface area contributed by atoms with Crippen molar-refractivity contribution in [2.45, 2.75) is 45.2 Å². The maximum absolute atomic E-state index is 12.6. The van der Waals surface area contributed by atoms with E-state index in [1.807, 2.05) is 13.8 Å². The minimum absolute atomic E-state index is 0.0985. The third kappa shape index (κ3) is 7.88. The first-order valence-electron chi connectivity index (χ1n) is 11.1. The SMILES string of the molecule is CC(C)CC(NC(=O)c1ccc(Cl)cc1)C(=O)OCC(=O)Nc1cccc(C(=O)NC2CC2)c1. The lowest BCUT2D eigenvalue weighted by Crippen LogP contribution is -2.43. The number of carbonyl (C=O) groups is 4. The van der Waals surface area contributed by atoms with Crippen LogP contribution in [0.3, 0.4) is 0 Å². The Labute approximate surface area is 203 Å². The number of carbonyl (C=O) groups excluding carboxylic acids is 4. The van der Waals surface area contributed by atoms with Gasteiger partial charge in [0.05, 0.1) is 0 Å². The molecule has 8 nitrogen and oxygen atoms in total. The van der Waals surface area contributed by atoms with Crippen LogP contribution in [-0.4, -0.2) is 42.4 Å². The van der Waals surface area contributed by atoms with Crippen molar-refractivity contribution >= 4 is 41.0 Å². The van der Waals surface area contributed by atoms with E-state index in [0.29, 0.717) is 28.3 Å². The number of halogens is 1. The van der Waals surface area contributed by atoms with E-state index in [0.717, 1.165) is 12.8 Å². The molecule has 0 radical (unpaired) electrons. The smallest absolute Gasteiger partial charge is 0.329 e. The van der Waals surface area contributed by atoms with E-state index in [2.05, 4.69) is 16.0 Å². The average Bonchev–Trinajstić information content (AvgIpc) is 3.61. The number of esters is 1. The maximum atomic E-state index is 12.6. The van der Waals surface area contributed by atoms with Gasteiger partial charge in [0.25, 0.3) is 17.7 Å². The molecule has 1 aliphatic carbocycles. The normalized spacial score (nSPS) is 13.6. The molecule has 34 heavy (non-hydrogen) atoms. The van der Waals surface area contributed by atoms with E-state index in [4.69, 9.17) is 16.3 Å². The molecule has 1 atom stereocenters. The molecule has 1 fully saturated rings. The standard InChI is InChI=1S/C25H28ClN3O5/c1-15(2)12-21(29-23(31)16-6-8-18(26)9-7-16)25(33)34-14-22(30)27-20-5-3-4-17(13-20)24(32)28-19-10-11-19/h3-9,13,15,19,21H,10-12,14H2,1-2H3,(H,27,30)(H,28,32)(H,29,31). The molecule has 0 heterocycles. The van der Waals surface area contributed by atoms with Crippen LogP contribution < -0.4 is 16.0 Å². The Balaban J connectivity index is 1.53. The summed E-state index contributed by atoms with van der Waals surface area (Å²) in [5.74, 6) is -1.80. The van der Waals surface area contributed by atoms with Crippen molar-refractivity contribution in [1.82, 2.24) is 10.6 Å². The fourth-order valence-electron chi connectivity index (χ4n) is 3.20. The first-order valence-corrected chi connectivity index (χ1v) is 11.5. The van der Waals surface area contributed by atoms with E-state index >= 15 is 0 Å². The molecule has 0 aliphatic heterocycles. The predicted molar refractivity (Wildman–Crippen MR) is 129 cm³/mol. The highest BCUT2D eigenvalue weighted by atomic mass is 35.5. The quantitative estimate of drug-likeness (QED) is 0.445. The molecule has 180 valence electrons. The molecule has 2 aromatic carbocycles. The minimum atomic E-state index is -0.912. The van der Waals surface area contributed by atoms with Gasteiger partial charge in [0, 0.05) is 27.9 Å². The van der Waals surface area contributed by atoms with Crippen molar-refractivity contribution in [1.29, 1.82) is 0 Å². The summed E-state index contributed by atoms with van der Waals surface area (Å²) in [5.41, 5.74) is 1.21. The zero-order valence-electron chi connectivity index (χ0n) is 19.1. The van der Waals surface area contributed by atoms with E-state index in [-0.39, 0.29) is 17.9 Å². The van der Waals surface area contributed by atoms with Gasteiger partial charge in [-0.25, -0.2) is 4.79 Å². The van der Waals surface area contributed by atoms with Crippen LogP contribution in [0, 0.1) is 5.92 Å². The summed E-state index contributed by atoms with van der Waals surface area (Å²) < 4.78 is 5.17. The highest BCUT2D eigenvalue weighted by Crippen LogP contribution is 2.20. The highest BCUT2D eigenvalue weighted by Gasteiger charge is 2.25. The molecule has 3 amide bonds. The molecular weight excluding hydrogens is 458 g/mol. The summed E-state index contributed by atoms with van der Waals surface area (Å²) >= 11 is 5.85. The Morgan fingerprint density at radius 2 is 1.71 bits per heavy atom. The number of anilines is 1. The molecule has 9 heteroatoms. The van der Waals surface area contributed by atoms with Crippen LogP contribution in [0.15, 0.2) is 48.5 Å². The van der Waals surface area contributed by atoms with Gasteiger partial charge >= 0.3 is 5.97 Å². The Bertz CT molecular complexity index is 1050. The van der Waals surface area contributed by atoms with Crippen LogP contribution in [0.5, 0.6) is 0 Å². The monoisotopic (exact) mass is 485 g/mol. The molecule has 0 saturated heterocycles. The van der Waals surface area contributed by atoms with Crippen molar-refractivity contribution in [3.05, 3.63) is 64.7 Å². The molecular formula is C25H28ClN3O5. The fraction of sp³-hybridized carbons (Fsp3) is 0.360. The molecule has 3 N–H and O–H groups in total. The summed E-state index contributed by atoms with van der Waals surface area (Å²) in [6.07, 6.45) is 2.30. The van der Waals surface area contributed by atoms with Crippen molar-refractivity contribution in [2.24, 2.45) is 5.92 Å². The first-order chi connectivity index (χ1) is 16.2. The Morgan fingerprint density at radius 3 is 2.35 bits per heavy atom. The van der Waals surface area contributed by atoms with Crippen molar-refractivity contribution in [3.8, 4) is 0 Å². The third-order valence-electron chi connectivity index (χ3n) is 5.07. The summed E-state index contributed by atoms with van der Waals surface area (Å²) in [6.45, 7) is 3.30. The number of amides is 3. The Kier molecular flexibility index (Phi) is 8.65. The molecule has 0 aromatic heterocycles. The third-order valence-corrected chi connectivity index (χ3v) is 5.32. The lowest BCUT2D eigenvalue weighted by molar-refractivity contribution is -0.149. The van der Waals surface area contributed by atoms with Crippen LogP contribution >= 0.6 is 11.6 Å². The van der Waals surface area contributed by atoms with E-state index < -0.39 is 30.4 Å². The number of nitrogens with one attached hydrogen (secondary N) is 3. The molecule has 1 saturated carbocycles. The number of ether oxygens (including phenoxy) is 1. The summed E-state index contributed by atoms with van der Waals surface area (Å²) in [7, 11) is 0. The average molecular weight is 486 g/mol. The van der Waals surface area contributed by atoms with Gasteiger partial charge < -0.3 is 20.7 Å². The summed E-state index contributed by atoms with van der Waals surface area (Å²) in [6, 6.07) is 12.1. The van der Waals surface area contributed by atoms with Crippen LogP contribution in [0.1, 0.15) is 53.8 Å². The molecule has 0 spiro atoms. The van der Waals surface area contributed by atoms with Crippen LogP contribution in [-0.2, 0) is 14.3 Å². The van der Waals surface area contributed by atoms with Crippen LogP contribution in [0.2, 0.25) is 5.02 Å². The topological polar surface area (TPSA) is 114 Å². The Morgan fingerprint density at radius 1 is 1.00 bits per heavy atom. The van der Waals surface area contributed by atoms with E-state index in [1.165, 1.54) is 0 Å². The van der Waals surface area contributed by atoms with Gasteiger partial charge in [0.15, 0.2) is 6.61 Å². The predicted octanol–water partition coefficient (Wildman–Crippen LogP) is 3.56. The van der Waals surface area contributed by atoms with Gasteiger partial charge in [-0.15, -0.1) is 0 Å². The lowest BCUT2D eigenvalue weighted by atomic mass is 10.0.